The molecular formula is C15H30N2O4Si. The van der Waals surface area contributed by atoms with Crippen LogP contribution >= 0.6 is 0 Å². The molecule has 0 aromatic carbocycles. The molecule has 1 rings (SSSR count). The van der Waals surface area contributed by atoms with Crippen molar-refractivity contribution < 1.29 is 18.8 Å². The van der Waals surface area contributed by atoms with E-state index in [-0.39, 0.29) is 10.9 Å². The normalized spacial score (nSPS) is 20.7. The first-order valence-electron chi connectivity index (χ1n) is 7.90. The first-order valence-corrected chi connectivity index (χ1v) is 10.8. The molecule has 0 bridgehead atoms. The lowest BCUT2D eigenvalue weighted by atomic mass is 10.1. The zero-order chi connectivity index (χ0) is 17.0. The molecule has 0 aromatic heterocycles. The van der Waals surface area contributed by atoms with Crippen LogP contribution in [0.1, 0.15) is 40.0 Å². The van der Waals surface area contributed by atoms with E-state index in [0.29, 0.717) is 26.1 Å². The van der Waals surface area contributed by atoms with Gasteiger partial charge in [0.25, 0.3) is 0 Å². The maximum Gasteiger partial charge on any atom is 0.249 e. The van der Waals surface area contributed by atoms with E-state index >= 15 is 0 Å². The second-order valence-electron chi connectivity index (χ2n) is 7.36. The Labute approximate surface area is 134 Å². The topological polar surface area (TPSA) is 90.7 Å². The predicted octanol–water partition coefficient (Wildman–Crippen LogP) is 1.55. The molecule has 128 valence electrons. The molecular weight excluding hydrogens is 300 g/mol. The van der Waals surface area contributed by atoms with Crippen LogP contribution in [-0.2, 0) is 18.8 Å². The Hall–Kier alpha value is -0.923. The molecule has 0 aromatic rings. The van der Waals surface area contributed by atoms with Crippen molar-refractivity contribution >= 4 is 20.1 Å². The van der Waals surface area contributed by atoms with Crippen molar-refractivity contribution in [3.05, 3.63) is 0 Å². The highest BCUT2D eigenvalue weighted by Crippen LogP contribution is 2.36. The molecule has 3 N–H and O–H groups in total. The first kappa shape index (κ1) is 19.1. The minimum Gasteiger partial charge on any atom is -0.417 e. The molecule has 0 spiro atoms. The number of hydrogen-bond acceptors (Lipinski definition) is 4. The number of carbonyl (C=O) groups excluding carboxylic acids is 2. The lowest BCUT2D eigenvalue weighted by molar-refractivity contribution is -0.134. The molecule has 7 heteroatoms. The van der Waals surface area contributed by atoms with Gasteiger partial charge in [0.15, 0.2) is 8.32 Å². The summed E-state index contributed by atoms with van der Waals surface area (Å²) in [4.78, 5) is 23.5. The SMILES string of the molecule is CC(C)(C)[Si](C)(C)OCC[C@@H](NC(=O)[C@H]1CCCO1)C(N)=O. The number of ether oxygens (including phenoxy) is 1. The van der Waals surface area contributed by atoms with Gasteiger partial charge in [0.1, 0.15) is 12.1 Å². The first-order chi connectivity index (χ1) is 10.0. The van der Waals surface area contributed by atoms with Crippen LogP contribution in [-0.4, -0.2) is 45.5 Å². The number of primary amides is 1. The zero-order valence-electron chi connectivity index (χ0n) is 14.4. The van der Waals surface area contributed by atoms with Crippen LogP contribution in [0.15, 0.2) is 0 Å². The Bertz CT molecular complexity index is 401. The number of carbonyl (C=O) groups is 2. The molecule has 0 radical (unpaired) electrons. The van der Waals surface area contributed by atoms with Crippen LogP contribution in [0.25, 0.3) is 0 Å². The summed E-state index contributed by atoms with van der Waals surface area (Å²) in [7, 11) is -1.86. The van der Waals surface area contributed by atoms with Gasteiger partial charge in [-0.1, -0.05) is 20.8 Å². The second-order valence-corrected chi connectivity index (χ2v) is 12.2. The zero-order valence-corrected chi connectivity index (χ0v) is 15.4. The van der Waals surface area contributed by atoms with Crippen molar-refractivity contribution in [2.24, 2.45) is 5.73 Å². The monoisotopic (exact) mass is 330 g/mol. The van der Waals surface area contributed by atoms with Crippen molar-refractivity contribution in [3.8, 4) is 0 Å². The molecule has 0 aliphatic carbocycles. The Balaban J connectivity index is 2.48. The highest BCUT2D eigenvalue weighted by Gasteiger charge is 2.37. The highest BCUT2D eigenvalue weighted by molar-refractivity contribution is 6.74. The van der Waals surface area contributed by atoms with Crippen LogP contribution in [0, 0.1) is 0 Å². The fraction of sp³-hybridized carbons (Fsp3) is 0.867. The Morgan fingerprint density at radius 2 is 2.05 bits per heavy atom. The van der Waals surface area contributed by atoms with E-state index < -0.39 is 26.4 Å². The summed E-state index contributed by atoms with van der Waals surface area (Å²) in [5, 5.41) is 2.79. The van der Waals surface area contributed by atoms with Gasteiger partial charge >= 0.3 is 0 Å². The summed E-state index contributed by atoms with van der Waals surface area (Å²) in [5.74, 6) is -0.793. The van der Waals surface area contributed by atoms with Gasteiger partial charge < -0.3 is 20.2 Å². The predicted molar refractivity (Wildman–Crippen MR) is 87.9 cm³/mol. The minimum atomic E-state index is -1.86. The Kier molecular flexibility index (Phi) is 6.58. The van der Waals surface area contributed by atoms with Crippen molar-refractivity contribution in [2.75, 3.05) is 13.2 Å². The molecule has 1 saturated heterocycles. The second kappa shape index (κ2) is 7.57. The van der Waals surface area contributed by atoms with Gasteiger partial charge in [-0.25, -0.2) is 0 Å². The van der Waals surface area contributed by atoms with E-state index in [1.807, 2.05) is 0 Å². The van der Waals surface area contributed by atoms with Gasteiger partial charge in [-0.3, -0.25) is 9.59 Å². The van der Waals surface area contributed by atoms with Crippen molar-refractivity contribution in [1.82, 2.24) is 5.32 Å². The van der Waals surface area contributed by atoms with Crippen molar-refractivity contribution in [3.63, 3.8) is 0 Å². The van der Waals surface area contributed by atoms with Gasteiger partial charge in [0, 0.05) is 13.2 Å². The molecule has 2 amide bonds. The summed E-state index contributed by atoms with van der Waals surface area (Å²) >= 11 is 0. The van der Waals surface area contributed by atoms with Crippen LogP contribution in [0.5, 0.6) is 0 Å². The van der Waals surface area contributed by atoms with Crippen LogP contribution in [0.2, 0.25) is 18.1 Å². The third-order valence-electron chi connectivity index (χ3n) is 4.56. The molecule has 1 heterocycles. The molecule has 22 heavy (non-hydrogen) atoms. The fourth-order valence-electron chi connectivity index (χ4n) is 1.98. The van der Waals surface area contributed by atoms with Gasteiger partial charge in [-0.05, 0) is 37.4 Å². The van der Waals surface area contributed by atoms with E-state index in [9.17, 15) is 9.59 Å². The third kappa shape index (κ3) is 5.37. The number of rotatable bonds is 7. The summed E-state index contributed by atoms with van der Waals surface area (Å²) in [6.45, 7) is 11.8. The number of amides is 2. The van der Waals surface area contributed by atoms with Crippen LogP contribution < -0.4 is 11.1 Å². The molecule has 0 saturated carbocycles. The summed E-state index contributed by atoms with van der Waals surface area (Å²) in [5.41, 5.74) is 5.38. The smallest absolute Gasteiger partial charge is 0.249 e. The van der Waals surface area contributed by atoms with Crippen molar-refractivity contribution in [1.29, 1.82) is 0 Å². The van der Waals surface area contributed by atoms with E-state index in [1.54, 1.807) is 0 Å². The Morgan fingerprint density at radius 3 is 2.50 bits per heavy atom. The minimum absolute atomic E-state index is 0.107. The average molecular weight is 331 g/mol. The quantitative estimate of drug-likeness (QED) is 0.693. The maximum absolute atomic E-state index is 12.0. The van der Waals surface area contributed by atoms with E-state index in [4.69, 9.17) is 14.9 Å². The maximum atomic E-state index is 12.0. The number of nitrogens with one attached hydrogen (secondary N) is 1. The lowest BCUT2D eigenvalue weighted by Gasteiger charge is -2.36. The van der Waals surface area contributed by atoms with Gasteiger partial charge in [-0.2, -0.15) is 0 Å². The standard InChI is InChI=1S/C15H30N2O4Si/c1-15(2,3)22(4,5)21-10-8-11(13(16)18)17-14(19)12-7-6-9-20-12/h11-12H,6-10H2,1-5H3,(H2,16,18)(H,17,19)/t11-,12-/m1/s1. The Morgan fingerprint density at radius 1 is 1.41 bits per heavy atom. The van der Waals surface area contributed by atoms with Gasteiger partial charge in [0.05, 0.1) is 0 Å². The van der Waals surface area contributed by atoms with Crippen LogP contribution in [0.3, 0.4) is 0 Å². The summed E-state index contributed by atoms with van der Waals surface area (Å²) in [6, 6.07) is -0.707. The van der Waals surface area contributed by atoms with Gasteiger partial charge in [-0.15, -0.1) is 0 Å². The van der Waals surface area contributed by atoms with Crippen molar-refractivity contribution in [2.45, 2.75) is 70.3 Å². The molecule has 1 fully saturated rings. The van der Waals surface area contributed by atoms with Gasteiger partial charge in [0.2, 0.25) is 11.8 Å². The highest BCUT2D eigenvalue weighted by atomic mass is 28.4. The van der Waals surface area contributed by atoms with E-state index in [2.05, 4.69) is 39.2 Å². The number of hydrogen-bond donors (Lipinski definition) is 2. The third-order valence-corrected chi connectivity index (χ3v) is 9.10. The molecule has 1 aliphatic heterocycles. The van der Waals surface area contributed by atoms with E-state index in [0.717, 1.165) is 6.42 Å². The summed E-state index contributed by atoms with van der Waals surface area (Å²) in [6.07, 6.45) is 1.49. The average Bonchev–Trinajstić information content (AvgIpc) is 2.89. The molecule has 0 unspecified atom stereocenters. The molecule has 6 nitrogen and oxygen atoms in total. The summed E-state index contributed by atoms with van der Waals surface area (Å²) < 4.78 is 11.3. The molecule has 1 aliphatic rings. The van der Waals surface area contributed by atoms with E-state index in [1.165, 1.54) is 0 Å². The van der Waals surface area contributed by atoms with Crippen LogP contribution in [0.4, 0.5) is 0 Å². The number of nitrogens with two attached hydrogens (primary N) is 1. The fourth-order valence-corrected chi connectivity index (χ4v) is 3.04. The molecule has 2 atom stereocenters. The largest absolute Gasteiger partial charge is 0.417 e. The lowest BCUT2D eigenvalue weighted by Crippen LogP contribution is -2.49.